The van der Waals surface area contributed by atoms with E-state index in [9.17, 15) is 0 Å². The van der Waals surface area contributed by atoms with E-state index in [-0.39, 0.29) is 11.9 Å². The maximum atomic E-state index is 8.71. The van der Waals surface area contributed by atoms with Crippen molar-refractivity contribution in [3.8, 4) is 0 Å². The van der Waals surface area contributed by atoms with Gasteiger partial charge in [-0.25, -0.2) is 9.97 Å². The Kier molecular flexibility index (Phi) is 5.02. The SMILES string of the molecule is CSCC(C)N(C)c1nccnc1C(N)=NO. The molecule has 6 nitrogen and oxygen atoms in total. The van der Waals surface area contributed by atoms with Crippen molar-refractivity contribution in [3.05, 3.63) is 18.1 Å². The fourth-order valence-corrected chi connectivity index (χ4v) is 2.08. The minimum Gasteiger partial charge on any atom is -0.409 e. The molecule has 7 heteroatoms. The molecule has 1 unspecified atom stereocenters. The van der Waals surface area contributed by atoms with Gasteiger partial charge in [-0.15, -0.1) is 0 Å². The Bertz CT molecular complexity index is 398. The highest BCUT2D eigenvalue weighted by Gasteiger charge is 2.17. The van der Waals surface area contributed by atoms with Gasteiger partial charge >= 0.3 is 0 Å². The normalized spacial score (nSPS) is 13.5. The summed E-state index contributed by atoms with van der Waals surface area (Å²) in [4.78, 5) is 10.3. The van der Waals surface area contributed by atoms with Gasteiger partial charge in [-0.05, 0) is 13.2 Å². The zero-order valence-electron chi connectivity index (χ0n) is 10.2. The lowest BCUT2D eigenvalue weighted by molar-refractivity contribution is 0.318. The Morgan fingerprint density at radius 3 is 2.82 bits per heavy atom. The Morgan fingerprint density at radius 2 is 2.24 bits per heavy atom. The van der Waals surface area contributed by atoms with E-state index >= 15 is 0 Å². The number of hydrogen-bond donors (Lipinski definition) is 2. The third-order valence-electron chi connectivity index (χ3n) is 2.43. The van der Waals surface area contributed by atoms with E-state index in [1.54, 1.807) is 18.0 Å². The molecule has 0 amide bonds. The molecule has 1 heterocycles. The number of rotatable bonds is 5. The standard InChI is InChI=1S/C10H17N5OS/c1-7(6-17-3)15(2)10-8(9(11)14-16)12-4-5-13-10/h4-5,7,16H,6H2,1-3H3,(H2,11,14). The van der Waals surface area contributed by atoms with E-state index in [0.717, 1.165) is 5.75 Å². The molecular weight excluding hydrogens is 238 g/mol. The fourth-order valence-electron chi connectivity index (χ4n) is 1.38. The lowest BCUT2D eigenvalue weighted by Crippen LogP contribution is -2.34. The van der Waals surface area contributed by atoms with Crippen LogP contribution < -0.4 is 10.6 Å². The number of nitrogens with two attached hydrogens (primary N) is 1. The molecule has 94 valence electrons. The fraction of sp³-hybridized carbons (Fsp3) is 0.500. The number of hydrogen-bond acceptors (Lipinski definition) is 6. The van der Waals surface area contributed by atoms with Gasteiger partial charge in [-0.2, -0.15) is 11.8 Å². The average Bonchev–Trinajstić information content (AvgIpc) is 2.37. The second-order valence-electron chi connectivity index (χ2n) is 3.63. The summed E-state index contributed by atoms with van der Waals surface area (Å²) >= 11 is 1.75. The first-order chi connectivity index (χ1) is 8.11. The highest BCUT2D eigenvalue weighted by molar-refractivity contribution is 7.98. The van der Waals surface area contributed by atoms with Crippen LogP contribution in [0.2, 0.25) is 0 Å². The molecular formula is C10H17N5OS. The highest BCUT2D eigenvalue weighted by atomic mass is 32.2. The first-order valence-corrected chi connectivity index (χ1v) is 6.51. The molecule has 0 aromatic carbocycles. The Labute approximate surface area is 105 Å². The topological polar surface area (TPSA) is 87.6 Å². The number of amidine groups is 1. The lowest BCUT2D eigenvalue weighted by atomic mass is 10.3. The van der Waals surface area contributed by atoms with Crippen molar-refractivity contribution < 1.29 is 5.21 Å². The number of oxime groups is 1. The van der Waals surface area contributed by atoms with E-state index < -0.39 is 0 Å². The van der Waals surface area contributed by atoms with Crippen LogP contribution in [0.3, 0.4) is 0 Å². The molecule has 1 rings (SSSR count). The highest BCUT2D eigenvalue weighted by Crippen LogP contribution is 2.17. The second kappa shape index (κ2) is 6.29. The largest absolute Gasteiger partial charge is 0.409 e. The molecule has 0 saturated heterocycles. The molecule has 1 atom stereocenters. The molecule has 0 aliphatic rings. The van der Waals surface area contributed by atoms with Gasteiger partial charge < -0.3 is 15.8 Å². The van der Waals surface area contributed by atoms with E-state index in [0.29, 0.717) is 11.5 Å². The summed E-state index contributed by atoms with van der Waals surface area (Å²) in [7, 11) is 1.92. The zero-order valence-corrected chi connectivity index (χ0v) is 11.0. The van der Waals surface area contributed by atoms with Crippen molar-refractivity contribution in [2.75, 3.05) is 24.0 Å². The van der Waals surface area contributed by atoms with Crippen LogP contribution in [-0.2, 0) is 0 Å². The van der Waals surface area contributed by atoms with Gasteiger partial charge in [-0.3, -0.25) is 0 Å². The maximum Gasteiger partial charge on any atom is 0.192 e. The van der Waals surface area contributed by atoms with Crippen molar-refractivity contribution >= 4 is 23.4 Å². The molecule has 3 N–H and O–H groups in total. The summed E-state index contributed by atoms with van der Waals surface area (Å²) in [6, 6.07) is 0.284. The minimum atomic E-state index is -0.0312. The Balaban J connectivity index is 3.04. The molecule has 0 aliphatic carbocycles. The number of thioether (sulfide) groups is 1. The molecule has 0 fully saturated rings. The summed E-state index contributed by atoms with van der Waals surface area (Å²) in [5.74, 6) is 1.54. The van der Waals surface area contributed by atoms with Gasteiger partial charge in [0.25, 0.3) is 0 Å². The van der Waals surface area contributed by atoms with Crippen molar-refractivity contribution in [1.29, 1.82) is 0 Å². The quantitative estimate of drug-likeness (QED) is 0.349. The number of aromatic nitrogens is 2. The first-order valence-electron chi connectivity index (χ1n) is 5.12. The van der Waals surface area contributed by atoms with Gasteiger partial charge in [0.15, 0.2) is 17.3 Å². The lowest BCUT2D eigenvalue weighted by Gasteiger charge is -2.26. The van der Waals surface area contributed by atoms with Crippen molar-refractivity contribution in [1.82, 2.24) is 9.97 Å². The summed E-state index contributed by atoms with van der Waals surface area (Å²) in [6.07, 6.45) is 5.15. The third-order valence-corrected chi connectivity index (χ3v) is 3.25. The van der Waals surface area contributed by atoms with Crippen LogP contribution in [-0.4, -0.2) is 46.1 Å². The van der Waals surface area contributed by atoms with Gasteiger partial charge in [0.05, 0.1) is 0 Å². The van der Waals surface area contributed by atoms with Gasteiger partial charge in [-0.1, -0.05) is 5.16 Å². The predicted octanol–water partition coefficient (Wildman–Crippen LogP) is 0.759. The smallest absolute Gasteiger partial charge is 0.192 e. The van der Waals surface area contributed by atoms with E-state index in [1.165, 1.54) is 6.20 Å². The molecule has 0 aliphatic heterocycles. The molecule has 1 aromatic heterocycles. The zero-order chi connectivity index (χ0) is 12.8. The van der Waals surface area contributed by atoms with Crippen LogP contribution in [0.25, 0.3) is 0 Å². The summed E-state index contributed by atoms with van der Waals surface area (Å²) in [6.45, 7) is 2.08. The van der Waals surface area contributed by atoms with Crippen molar-refractivity contribution in [2.24, 2.45) is 10.9 Å². The summed E-state index contributed by atoms with van der Waals surface area (Å²) < 4.78 is 0. The summed E-state index contributed by atoms with van der Waals surface area (Å²) in [5.41, 5.74) is 5.97. The van der Waals surface area contributed by atoms with Crippen LogP contribution in [0.4, 0.5) is 5.82 Å². The second-order valence-corrected chi connectivity index (χ2v) is 4.54. The van der Waals surface area contributed by atoms with E-state index in [1.807, 2.05) is 18.2 Å². The van der Waals surface area contributed by atoms with Crippen LogP contribution in [0.1, 0.15) is 12.6 Å². The van der Waals surface area contributed by atoms with Crippen LogP contribution >= 0.6 is 11.8 Å². The molecule has 0 bridgehead atoms. The van der Waals surface area contributed by atoms with Crippen molar-refractivity contribution in [3.63, 3.8) is 0 Å². The molecule has 1 aromatic rings. The van der Waals surface area contributed by atoms with E-state index in [2.05, 4.69) is 22.0 Å². The minimum absolute atomic E-state index is 0.0312. The average molecular weight is 255 g/mol. The number of anilines is 1. The molecule has 17 heavy (non-hydrogen) atoms. The van der Waals surface area contributed by atoms with Crippen LogP contribution in [0.15, 0.2) is 17.5 Å². The monoisotopic (exact) mass is 255 g/mol. The third kappa shape index (κ3) is 3.23. The van der Waals surface area contributed by atoms with E-state index in [4.69, 9.17) is 10.9 Å². The summed E-state index contributed by atoms with van der Waals surface area (Å²) in [5, 5.41) is 11.7. The van der Waals surface area contributed by atoms with Crippen LogP contribution in [0.5, 0.6) is 0 Å². The molecule has 0 radical (unpaired) electrons. The Hall–Kier alpha value is -1.50. The van der Waals surface area contributed by atoms with Gasteiger partial charge in [0.1, 0.15) is 0 Å². The predicted molar refractivity (Wildman–Crippen MR) is 70.8 cm³/mol. The van der Waals surface area contributed by atoms with Gasteiger partial charge in [0.2, 0.25) is 0 Å². The molecule has 0 spiro atoms. The van der Waals surface area contributed by atoms with Gasteiger partial charge in [0, 0.05) is 31.2 Å². The maximum absolute atomic E-state index is 8.71. The van der Waals surface area contributed by atoms with Crippen LogP contribution in [0, 0.1) is 0 Å². The number of nitrogens with zero attached hydrogens (tertiary/aromatic N) is 4. The first kappa shape index (κ1) is 13.6. The van der Waals surface area contributed by atoms with Crippen molar-refractivity contribution in [2.45, 2.75) is 13.0 Å². The Morgan fingerprint density at radius 1 is 1.59 bits per heavy atom. The molecule has 0 saturated carbocycles.